The van der Waals surface area contributed by atoms with Gasteiger partial charge in [-0.05, 0) is 6.07 Å². The van der Waals surface area contributed by atoms with Crippen LogP contribution in [0.2, 0.25) is 0 Å². The molecule has 0 radical (unpaired) electrons. The second kappa shape index (κ2) is 7.21. The van der Waals surface area contributed by atoms with Gasteiger partial charge in [0, 0.05) is 13.1 Å². The topological polar surface area (TPSA) is 106 Å². The van der Waals surface area contributed by atoms with E-state index in [4.69, 9.17) is 9.84 Å². The standard InChI is InChI=1S/C12H12F3N3O5S/c13-12(14,15)7-5-8(17-1-3-23-4-2-17)16-11(10(7)18(21)22)24-6-9(19)20/h5H,1-4,6H2,(H,19,20). The van der Waals surface area contributed by atoms with E-state index in [1.54, 1.807) is 0 Å². The fourth-order valence-corrected chi connectivity index (χ4v) is 2.82. The van der Waals surface area contributed by atoms with Gasteiger partial charge in [0.05, 0.1) is 23.9 Å². The number of nitro groups is 1. The minimum absolute atomic E-state index is 0.0934. The first-order valence-corrected chi connectivity index (χ1v) is 7.62. The van der Waals surface area contributed by atoms with Crippen LogP contribution in [0.1, 0.15) is 5.56 Å². The van der Waals surface area contributed by atoms with E-state index >= 15 is 0 Å². The van der Waals surface area contributed by atoms with Gasteiger partial charge in [-0.15, -0.1) is 0 Å². The Hall–Kier alpha value is -2.08. The van der Waals surface area contributed by atoms with E-state index in [9.17, 15) is 28.1 Å². The number of carboxylic acid groups (broad SMARTS) is 1. The third kappa shape index (κ3) is 4.26. The molecule has 0 spiro atoms. The molecule has 0 amide bonds. The van der Waals surface area contributed by atoms with Crippen LogP contribution in [0, 0.1) is 10.1 Å². The minimum atomic E-state index is -4.97. The molecule has 8 nitrogen and oxygen atoms in total. The number of anilines is 1. The summed E-state index contributed by atoms with van der Waals surface area (Å²) in [4.78, 5) is 26.0. The van der Waals surface area contributed by atoms with Gasteiger partial charge in [-0.3, -0.25) is 14.9 Å². The van der Waals surface area contributed by atoms with E-state index in [0.717, 1.165) is 0 Å². The van der Waals surface area contributed by atoms with Crippen LogP contribution in [0.15, 0.2) is 11.1 Å². The van der Waals surface area contributed by atoms with Crippen molar-refractivity contribution >= 4 is 29.2 Å². The van der Waals surface area contributed by atoms with Crippen molar-refractivity contribution in [1.29, 1.82) is 0 Å². The molecule has 24 heavy (non-hydrogen) atoms. The number of morpholine rings is 1. The van der Waals surface area contributed by atoms with Crippen LogP contribution in [0.4, 0.5) is 24.7 Å². The van der Waals surface area contributed by atoms with Gasteiger partial charge in [-0.25, -0.2) is 4.98 Å². The van der Waals surface area contributed by atoms with Crippen molar-refractivity contribution < 1.29 is 32.7 Å². The molecule has 0 unspecified atom stereocenters. The summed E-state index contributed by atoms with van der Waals surface area (Å²) in [6.07, 6.45) is -4.97. The van der Waals surface area contributed by atoms with E-state index in [1.807, 2.05) is 0 Å². The second-order valence-corrected chi connectivity index (χ2v) is 5.68. The average Bonchev–Trinajstić information content (AvgIpc) is 2.51. The average molecular weight is 367 g/mol. The number of carbonyl (C=O) groups is 1. The zero-order chi connectivity index (χ0) is 17.9. The van der Waals surface area contributed by atoms with E-state index in [2.05, 4.69) is 4.98 Å². The lowest BCUT2D eigenvalue weighted by atomic mass is 10.2. The molecule has 0 aromatic carbocycles. The van der Waals surface area contributed by atoms with Gasteiger partial charge in [0.2, 0.25) is 0 Å². The third-order valence-corrected chi connectivity index (χ3v) is 4.05. The van der Waals surface area contributed by atoms with Crippen LogP contribution in [-0.2, 0) is 15.7 Å². The summed E-state index contributed by atoms with van der Waals surface area (Å²) in [6, 6.07) is 0.619. The molecule has 1 aliphatic rings. The summed E-state index contributed by atoms with van der Waals surface area (Å²) < 4.78 is 44.8. The Bertz CT molecular complexity index is 650. The molecule has 2 rings (SSSR count). The molecule has 1 aliphatic heterocycles. The number of aliphatic carboxylic acids is 1. The Morgan fingerprint density at radius 3 is 2.58 bits per heavy atom. The maximum Gasteiger partial charge on any atom is 0.423 e. The number of hydrogen-bond donors (Lipinski definition) is 1. The fraction of sp³-hybridized carbons (Fsp3) is 0.500. The van der Waals surface area contributed by atoms with Crippen molar-refractivity contribution in [3.63, 3.8) is 0 Å². The summed E-state index contributed by atoms with van der Waals surface area (Å²) in [5.41, 5.74) is -2.68. The maximum absolute atomic E-state index is 13.2. The fourth-order valence-electron chi connectivity index (χ4n) is 2.08. The van der Waals surface area contributed by atoms with Crippen molar-refractivity contribution in [3.8, 4) is 0 Å². The molecule has 132 valence electrons. The van der Waals surface area contributed by atoms with Gasteiger partial charge in [0.15, 0.2) is 5.03 Å². The quantitative estimate of drug-likeness (QED) is 0.479. The highest BCUT2D eigenvalue weighted by molar-refractivity contribution is 8.00. The van der Waals surface area contributed by atoms with Gasteiger partial charge in [-0.2, -0.15) is 13.2 Å². The Kier molecular flexibility index (Phi) is 5.49. The summed E-state index contributed by atoms with van der Waals surface area (Å²) in [5, 5.41) is 19.2. The number of thioether (sulfide) groups is 1. The first-order chi connectivity index (χ1) is 11.2. The van der Waals surface area contributed by atoms with Gasteiger partial charge in [0.25, 0.3) is 0 Å². The molecule has 0 bridgehead atoms. The van der Waals surface area contributed by atoms with Crippen LogP contribution in [-0.4, -0.2) is 53.0 Å². The number of carboxylic acids is 1. The number of pyridine rings is 1. The highest BCUT2D eigenvalue weighted by Crippen LogP contribution is 2.42. The Balaban J connectivity index is 2.55. The molecular weight excluding hydrogens is 355 g/mol. The number of rotatable bonds is 5. The summed E-state index contributed by atoms with van der Waals surface area (Å²) in [5.74, 6) is -2.05. The van der Waals surface area contributed by atoms with Gasteiger partial charge in [0.1, 0.15) is 11.4 Å². The van der Waals surface area contributed by atoms with Crippen molar-refractivity contribution in [1.82, 2.24) is 4.98 Å². The molecule has 0 aliphatic carbocycles. The SMILES string of the molecule is O=C(O)CSc1nc(N2CCOCC2)cc(C(F)(F)F)c1[N+](=O)[O-]. The number of halogens is 3. The monoisotopic (exact) mass is 367 g/mol. The van der Waals surface area contributed by atoms with E-state index in [0.29, 0.717) is 17.8 Å². The number of ether oxygens (including phenoxy) is 1. The highest BCUT2D eigenvalue weighted by atomic mass is 32.2. The molecular formula is C12H12F3N3O5S. The first-order valence-electron chi connectivity index (χ1n) is 6.64. The van der Waals surface area contributed by atoms with Crippen LogP contribution < -0.4 is 4.90 Å². The summed E-state index contributed by atoms with van der Waals surface area (Å²) >= 11 is 0.382. The van der Waals surface area contributed by atoms with Crippen molar-refractivity contribution in [2.45, 2.75) is 11.2 Å². The van der Waals surface area contributed by atoms with Crippen molar-refractivity contribution in [2.24, 2.45) is 0 Å². The zero-order valence-electron chi connectivity index (χ0n) is 12.1. The molecule has 2 heterocycles. The largest absolute Gasteiger partial charge is 0.481 e. The number of alkyl halides is 3. The van der Waals surface area contributed by atoms with Gasteiger partial charge < -0.3 is 14.7 Å². The molecule has 1 aromatic heterocycles. The Labute approximate surface area is 137 Å². The van der Waals surface area contributed by atoms with Crippen LogP contribution in [0.5, 0.6) is 0 Å². The lowest BCUT2D eigenvalue weighted by Gasteiger charge is -2.28. The predicted molar refractivity (Wildman–Crippen MR) is 77.3 cm³/mol. The smallest absolute Gasteiger partial charge is 0.423 e. The van der Waals surface area contributed by atoms with Crippen molar-refractivity contribution in [3.05, 3.63) is 21.7 Å². The minimum Gasteiger partial charge on any atom is -0.481 e. The Morgan fingerprint density at radius 1 is 1.46 bits per heavy atom. The van der Waals surface area contributed by atoms with Crippen LogP contribution in [0.25, 0.3) is 0 Å². The third-order valence-electron chi connectivity index (χ3n) is 3.10. The van der Waals surface area contributed by atoms with Gasteiger partial charge >= 0.3 is 17.8 Å². The van der Waals surface area contributed by atoms with E-state index in [-0.39, 0.29) is 32.1 Å². The molecule has 1 aromatic rings. The lowest BCUT2D eigenvalue weighted by Crippen LogP contribution is -2.37. The molecule has 1 N–H and O–H groups in total. The molecule has 12 heteroatoms. The van der Waals surface area contributed by atoms with Gasteiger partial charge in [-0.1, -0.05) is 11.8 Å². The molecule has 0 atom stereocenters. The number of aromatic nitrogens is 1. The van der Waals surface area contributed by atoms with Crippen LogP contribution in [0.3, 0.4) is 0 Å². The van der Waals surface area contributed by atoms with E-state index in [1.165, 1.54) is 4.90 Å². The maximum atomic E-state index is 13.2. The van der Waals surface area contributed by atoms with E-state index < -0.39 is 39.1 Å². The molecule has 1 fully saturated rings. The number of hydrogen-bond acceptors (Lipinski definition) is 7. The lowest BCUT2D eigenvalue weighted by molar-refractivity contribution is -0.391. The summed E-state index contributed by atoms with van der Waals surface area (Å²) in [7, 11) is 0. The zero-order valence-corrected chi connectivity index (χ0v) is 12.9. The highest BCUT2D eigenvalue weighted by Gasteiger charge is 2.42. The summed E-state index contributed by atoms with van der Waals surface area (Å²) in [6.45, 7) is 1.14. The normalized spacial score (nSPS) is 15.4. The predicted octanol–water partition coefficient (Wildman–Crippen LogP) is 2.02. The van der Waals surface area contributed by atoms with Crippen LogP contribution >= 0.6 is 11.8 Å². The Morgan fingerprint density at radius 2 is 2.08 bits per heavy atom. The second-order valence-electron chi connectivity index (χ2n) is 4.72. The first kappa shape index (κ1) is 18.3. The van der Waals surface area contributed by atoms with Crippen molar-refractivity contribution in [2.75, 3.05) is 37.0 Å². The molecule has 1 saturated heterocycles. The molecule has 0 saturated carbocycles. The number of nitrogens with zero attached hydrogens (tertiary/aromatic N) is 3.